The van der Waals surface area contributed by atoms with E-state index in [2.05, 4.69) is 194 Å². The molecule has 4 radical (unpaired) electrons. The summed E-state index contributed by atoms with van der Waals surface area (Å²) in [4.78, 5) is 60.7. The maximum atomic E-state index is 11.7. The molecular weight excluding hydrogens is 2400 g/mol. The molecule has 4 heterocycles. The first-order valence-electron chi connectivity index (χ1n) is 43.7. The SMILES string of the molecule is CC(=O)C=C(C)O.CC(C)(C)C(=O)C=C(O)C(C)(C)C.CC(C)(C)C(O)=CC(=O)C(F)(F)F.CC(O)=CC(=O)C(F)(F)F.[3H]C.[3H]C.[3H]C.[3H]C.[Ir].[Ir].[Ir].[Ir].[c-]1cc(-c2ccccc2)ccc1-c1ccc2ccccc2n1.[c-]1cc2ccccc2cc1-c1ccc2ccccc2n1.[c-]1cc2ccccc2cc1-c1ccc2ccccc2n1.[c-]1cc2ccccc2cc1-c1ccc2ccccc2n1. The maximum absolute atomic E-state index is 11.7. The van der Waals surface area contributed by atoms with Crippen molar-refractivity contribution in [2.45, 2.75) is 125 Å². The Labute approximate surface area is 836 Å². The number of hydrogen-bond donors (Lipinski definition) is 4. The number of aliphatic hydroxyl groups excluding tert-OH is 4. The zero-order chi connectivity index (χ0) is 98.8. The van der Waals surface area contributed by atoms with Crippen molar-refractivity contribution in [1.29, 1.82) is 0 Å². The standard InChI is InChI=1S/C21H14N.3C19H12N.C11H20O2.C8H11F3O2.C5H5F3O2.C5H8O2.4CH4.4Ir/c1-2-6-16(7-3-1)17-10-12-19(13-11-17)21-15-14-18-8-4-5-9-20(18)22-21;3*1-2-7-16-13-17(10-9-14(16)5-1)19-12-11-15-6-3-4-8-18(15)20-19;1-10(2,3)8(12)7-9(13)11(4,5)6;1-7(2,3)5(12)4-6(13)8(9,10)11;1-3(9)2-4(10)5(6,7)8;1-4(6)3-5(2)7;;;;;;;;/h1-12,14-15H;3*1-9,11-13H;7,12H,1-6H3;4,12H,1-3H3;2,9H,1H3;3,6H,1-2H3;4*1H4;;;;/q4*-1;;;;;;;;;;;;/i;;;;;;;;4*1T;;;;. The third-order valence-corrected chi connectivity index (χ3v) is 18.6. The normalized spacial score (nSPS) is 11.4. The number of carbonyl (C=O) groups is 4. The third kappa shape index (κ3) is 37.2. The molecule has 0 aliphatic carbocycles. The Hall–Kier alpha value is -11.9. The molecule has 16 rings (SSSR count). The van der Waals surface area contributed by atoms with Crippen LogP contribution in [-0.2, 0) is 99.6 Å². The van der Waals surface area contributed by atoms with Crippen molar-refractivity contribution in [3.8, 4) is 56.2 Å². The number of aromatic nitrogens is 4. The molecule has 133 heavy (non-hydrogen) atoms. The van der Waals surface area contributed by atoms with Crippen molar-refractivity contribution in [3.05, 3.63) is 375 Å². The third-order valence-electron chi connectivity index (χ3n) is 18.6. The summed E-state index contributed by atoms with van der Waals surface area (Å²) in [7, 11) is 5.00. The molecule has 0 amide bonds. The summed E-state index contributed by atoms with van der Waals surface area (Å²) >= 11 is 0. The second-order valence-electron chi connectivity index (χ2n) is 31.9. The fourth-order valence-electron chi connectivity index (χ4n) is 11.6. The van der Waals surface area contributed by atoms with E-state index in [-0.39, 0.29) is 121 Å². The number of allylic oxidation sites excluding steroid dienone is 8. The van der Waals surface area contributed by atoms with Gasteiger partial charge in [-0.2, -0.15) is 26.3 Å². The van der Waals surface area contributed by atoms with Gasteiger partial charge in [-0.1, -0.05) is 344 Å². The van der Waals surface area contributed by atoms with E-state index in [1.807, 2.05) is 175 Å². The first-order valence-corrected chi connectivity index (χ1v) is 39.7. The van der Waals surface area contributed by atoms with Gasteiger partial charge in [-0.05, 0) is 89.4 Å². The summed E-state index contributed by atoms with van der Waals surface area (Å²) in [5.74, 6) is -5.27. The van der Waals surface area contributed by atoms with Crippen molar-refractivity contribution >= 4 is 99.1 Å². The van der Waals surface area contributed by atoms with Crippen LogP contribution < -0.4 is 0 Å². The summed E-state index contributed by atoms with van der Waals surface area (Å²) in [6.07, 6.45) is -6.97. The Morgan fingerprint density at radius 1 is 0.286 bits per heavy atom. The van der Waals surface area contributed by atoms with E-state index >= 15 is 0 Å². The minimum atomic E-state index is -4.92. The van der Waals surface area contributed by atoms with Gasteiger partial charge in [-0.3, -0.25) is 39.1 Å². The molecule has 12 aromatic carbocycles. The molecule has 0 saturated heterocycles. The summed E-state index contributed by atoms with van der Waals surface area (Å²) in [6.45, 7) is 19.5. The first kappa shape index (κ1) is 112. The quantitative estimate of drug-likeness (QED) is 0.0462. The van der Waals surface area contributed by atoms with Crippen LogP contribution in [0.5, 0.6) is 0 Å². The first-order chi connectivity index (χ1) is 63.2. The van der Waals surface area contributed by atoms with Crippen molar-refractivity contribution in [2.24, 2.45) is 16.2 Å². The zero-order valence-corrected chi connectivity index (χ0v) is 86.1. The average molecular weight is 2520 g/mol. The monoisotopic (exact) mass is 2520 g/mol. The summed E-state index contributed by atoms with van der Waals surface area (Å²) in [5, 5.41) is 47.1. The van der Waals surface area contributed by atoms with Gasteiger partial charge in [0.05, 0.1) is 33.6 Å². The molecule has 0 fully saturated rings. The Kier molecular flexibility index (Phi) is 46.1. The van der Waals surface area contributed by atoms with Crippen molar-refractivity contribution in [2.75, 3.05) is 0 Å². The van der Waals surface area contributed by atoms with Crippen LogP contribution in [0, 0.1) is 40.5 Å². The van der Waals surface area contributed by atoms with Crippen LogP contribution in [0.1, 0.15) is 118 Å². The van der Waals surface area contributed by atoms with E-state index in [9.17, 15) is 50.6 Å². The van der Waals surface area contributed by atoms with Crippen LogP contribution in [0.25, 0.3) is 132 Å². The Morgan fingerprint density at radius 3 is 0.789 bits per heavy atom. The molecule has 22 heteroatoms. The number of halogens is 6. The van der Waals surface area contributed by atoms with Crippen LogP contribution in [0.15, 0.2) is 351 Å². The molecule has 0 aliphatic heterocycles. The molecule has 16 aromatic rings. The minimum absolute atomic E-state index is 0. The summed E-state index contributed by atoms with van der Waals surface area (Å²) in [5.41, 5.74) is 12.8. The van der Waals surface area contributed by atoms with Gasteiger partial charge in [0.25, 0.3) is 11.6 Å². The Bertz CT molecular complexity index is 5970. The number of hydrogen-bond acceptors (Lipinski definition) is 12. The van der Waals surface area contributed by atoms with Gasteiger partial charge in [-0.15, -0.1) is 117 Å². The molecule has 0 unspecified atom stereocenters. The topological polar surface area (TPSA) is 201 Å². The average Bonchev–Trinajstić information content (AvgIpc) is 0.809. The van der Waals surface area contributed by atoms with E-state index in [1.54, 1.807) is 0 Å². The Balaban J connectivity index is 0.000000786. The fraction of sp³-hybridized carbons (Fsp3) is 0.189. The molecule has 4 aromatic heterocycles. The second kappa shape index (κ2) is 54.9. The molecular formula is C111H110F6Ir4N4O8-4. The predicted octanol–water partition coefficient (Wildman–Crippen LogP) is 30.8. The molecule has 12 nitrogen and oxygen atoms in total. The number of rotatable bonds is 9. The van der Waals surface area contributed by atoms with Crippen molar-refractivity contribution < 1.29 is 152 Å². The van der Waals surface area contributed by atoms with Gasteiger partial charge in [0.2, 0.25) is 0 Å². The number of alkyl halides is 6. The van der Waals surface area contributed by atoms with E-state index in [0.29, 0.717) is 0 Å². The van der Waals surface area contributed by atoms with Gasteiger partial charge >= 0.3 is 12.4 Å². The van der Waals surface area contributed by atoms with E-state index in [1.165, 1.54) is 120 Å². The molecule has 704 valence electrons. The molecule has 0 atom stereocenters. The molecule has 0 spiro atoms. The van der Waals surface area contributed by atoms with Crippen LogP contribution in [0.3, 0.4) is 0 Å². The van der Waals surface area contributed by atoms with E-state index < -0.39 is 46.3 Å². The number of aliphatic hydroxyl groups is 4. The van der Waals surface area contributed by atoms with Gasteiger partial charge in [-0.25, -0.2) is 0 Å². The largest absolute Gasteiger partial charge is 0.512 e. The van der Waals surface area contributed by atoms with Crippen molar-refractivity contribution in [1.82, 2.24) is 19.9 Å². The van der Waals surface area contributed by atoms with Gasteiger partial charge in [0.1, 0.15) is 11.5 Å². The number of nitrogens with zero attached hydrogens (tertiary/aromatic N) is 4. The number of carbonyl (C=O) groups excluding carboxylic acids is 4. The van der Waals surface area contributed by atoms with Gasteiger partial charge in [0.15, 0.2) is 11.6 Å². The second-order valence-corrected chi connectivity index (χ2v) is 31.9. The van der Waals surface area contributed by atoms with E-state index in [4.69, 9.17) is 40.7 Å². The van der Waals surface area contributed by atoms with E-state index in [0.717, 1.165) is 95.6 Å². The molecule has 4 N–H and O–H groups in total. The zero-order valence-electron chi connectivity index (χ0n) is 80.5. The van der Waals surface area contributed by atoms with Gasteiger partial charge in [0, 0.05) is 126 Å². The number of pyridine rings is 4. The molecule has 0 saturated carbocycles. The van der Waals surface area contributed by atoms with Crippen LogP contribution in [-0.4, -0.2) is 75.8 Å². The minimum Gasteiger partial charge on any atom is -0.512 e. The fourth-order valence-corrected chi connectivity index (χ4v) is 11.6. The summed E-state index contributed by atoms with van der Waals surface area (Å²) in [6, 6.07) is 117. The van der Waals surface area contributed by atoms with Gasteiger partial charge < -0.3 is 20.4 Å². The number of para-hydroxylation sites is 4. The molecule has 0 aliphatic rings. The maximum Gasteiger partial charge on any atom is 0.454 e. The van der Waals surface area contributed by atoms with Crippen molar-refractivity contribution in [3.63, 3.8) is 0 Å². The smallest absolute Gasteiger partial charge is 0.454 e. The Morgan fingerprint density at radius 2 is 0.541 bits per heavy atom. The predicted molar refractivity (Wildman–Crippen MR) is 519 cm³/mol. The molecule has 0 bridgehead atoms. The van der Waals surface area contributed by atoms with Crippen LogP contribution >= 0.6 is 0 Å². The summed E-state index contributed by atoms with van der Waals surface area (Å²) < 4.78 is 92.0. The number of fused-ring (bicyclic) bond motifs is 7. The van der Waals surface area contributed by atoms with Crippen LogP contribution in [0.4, 0.5) is 26.3 Å². The number of ketones is 4. The van der Waals surface area contributed by atoms with Crippen LogP contribution in [0.2, 0.25) is 0 Å². The number of benzene rings is 12.